The van der Waals surface area contributed by atoms with Gasteiger partial charge >= 0.3 is 6.09 Å². The van der Waals surface area contributed by atoms with E-state index in [1.165, 1.54) is 24.3 Å². The Morgan fingerprint density at radius 1 is 1.04 bits per heavy atom. The van der Waals surface area contributed by atoms with Crippen molar-refractivity contribution in [2.75, 3.05) is 11.4 Å². The molecule has 124 valence electrons. The third-order valence-electron chi connectivity index (χ3n) is 3.08. The minimum absolute atomic E-state index is 0.0315. The van der Waals surface area contributed by atoms with E-state index in [2.05, 4.69) is 0 Å². The second-order valence-corrected chi connectivity index (χ2v) is 4.77. The largest absolute Gasteiger partial charge is 0.548 e. The van der Waals surface area contributed by atoms with Crippen LogP contribution in [-0.2, 0) is 16.1 Å². The van der Waals surface area contributed by atoms with Crippen molar-refractivity contribution in [3.8, 4) is 0 Å². The summed E-state index contributed by atoms with van der Waals surface area (Å²) in [4.78, 5) is 33.9. The highest BCUT2D eigenvalue weighted by Gasteiger charge is 2.18. The van der Waals surface area contributed by atoms with E-state index in [9.17, 15) is 24.8 Å². The highest BCUT2D eigenvalue weighted by molar-refractivity contribution is 5.92. The van der Waals surface area contributed by atoms with Crippen LogP contribution in [0.25, 0.3) is 0 Å². The molecule has 0 aliphatic rings. The summed E-state index contributed by atoms with van der Waals surface area (Å²) in [6.45, 7) is -0.762. The van der Waals surface area contributed by atoms with Crippen molar-refractivity contribution in [1.82, 2.24) is 0 Å². The van der Waals surface area contributed by atoms with Crippen molar-refractivity contribution in [2.45, 2.75) is 6.61 Å². The summed E-state index contributed by atoms with van der Waals surface area (Å²) in [5.74, 6) is -1.48. The first-order valence-corrected chi connectivity index (χ1v) is 6.90. The Hall–Kier alpha value is -3.42. The van der Waals surface area contributed by atoms with Crippen LogP contribution in [0.4, 0.5) is 16.2 Å². The molecule has 0 radical (unpaired) electrons. The molecule has 8 nitrogen and oxygen atoms in total. The van der Waals surface area contributed by atoms with Gasteiger partial charge in [0, 0.05) is 17.8 Å². The molecule has 0 aliphatic carbocycles. The molecule has 0 bridgehead atoms. The highest BCUT2D eigenvalue weighted by atomic mass is 16.6. The Bertz CT molecular complexity index is 730. The SMILES string of the molecule is O=C([O-])CN(C(=O)OCc1ccccc1)c1ccc([N+](=O)[O-])cc1. The van der Waals surface area contributed by atoms with Gasteiger partial charge in [0.05, 0.1) is 17.4 Å². The Morgan fingerprint density at radius 2 is 1.67 bits per heavy atom. The smallest absolute Gasteiger partial charge is 0.414 e. The molecule has 0 heterocycles. The van der Waals surface area contributed by atoms with Crippen LogP contribution in [0.3, 0.4) is 0 Å². The monoisotopic (exact) mass is 329 g/mol. The van der Waals surface area contributed by atoms with Crippen molar-refractivity contribution in [1.29, 1.82) is 0 Å². The van der Waals surface area contributed by atoms with Gasteiger partial charge in [-0.1, -0.05) is 30.3 Å². The number of aliphatic carboxylic acids is 1. The van der Waals surface area contributed by atoms with Crippen LogP contribution < -0.4 is 10.0 Å². The Labute approximate surface area is 137 Å². The quantitative estimate of drug-likeness (QED) is 0.586. The number of ether oxygens (including phenoxy) is 1. The lowest BCUT2D eigenvalue weighted by atomic mass is 10.2. The molecule has 0 N–H and O–H groups in total. The second kappa shape index (κ2) is 7.73. The molecule has 8 heteroatoms. The normalized spacial score (nSPS) is 10.0. The number of hydrogen-bond acceptors (Lipinski definition) is 6. The maximum Gasteiger partial charge on any atom is 0.414 e. The van der Waals surface area contributed by atoms with Gasteiger partial charge in [0.2, 0.25) is 0 Å². The van der Waals surface area contributed by atoms with E-state index < -0.39 is 23.5 Å². The fraction of sp³-hybridized carbons (Fsp3) is 0.125. The van der Waals surface area contributed by atoms with Crippen molar-refractivity contribution in [3.05, 3.63) is 70.3 Å². The van der Waals surface area contributed by atoms with Crippen LogP contribution >= 0.6 is 0 Å². The van der Waals surface area contributed by atoms with Gasteiger partial charge in [0.1, 0.15) is 6.61 Å². The van der Waals surface area contributed by atoms with Crippen LogP contribution in [0.2, 0.25) is 0 Å². The van der Waals surface area contributed by atoms with E-state index in [1.807, 2.05) is 6.07 Å². The molecule has 0 aliphatic heterocycles. The molecule has 0 atom stereocenters. The second-order valence-electron chi connectivity index (χ2n) is 4.77. The minimum Gasteiger partial charge on any atom is -0.548 e. The van der Waals surface area contributed by atoms with Gasteiger partial charge in [-0.15, -0.1) is 0 Å². The fourth-order valence-corrected chi connectivity index (χ4v) is 1.94. The van der Waals surface area contributed by atoms with E-state index in [0.29, 0.717) is 0 Å². The zero-order chi connectivity index (χ0) is 17.5. The van der Waals surface area contributed by atoms with Gasteiger partial charge in [-0.3, -0.25) is 15.0 Å². The number of carbonyl (C=O) groups is 2. The highest BCUT2D eigenvalue weighted by Crippen LogP contribution is 2.20. The number of nitrogens with zero attached hydrogens (tertiary/aromatic N) is 2. The minimum atomic E-state index is -1.48. The summed E-state index contributed by atoms with van der Waals surface area (Å²) in [6, 6.07) is 13.7. The molecule has 0 unspecified atom stereocenters. The number of amides is 1. The molecular weight excluding hydrogens is 316 g/mol. The summed E-state index contributed by atoms with van der Waals surface area (Å²) in [7, 11) is 0. The number of hydrogen-bond donors (Lipinski definition) is 0. The van der Waals surface area contributed by atoms with Crippen molar-refractivity contribution in [2.24, 2.45) is 0 Å². The number of carbonyl (C=O) groups excluding carboxylic acids is 2. The summed E-state index contributed by atoms with van der Waals surface area (Å²) in [5.41, 5.74) is 0.718. The van der Waals surface area contributed by atoms with Gasteiger partial charge in [-0.25, -0.2) is 4.79 Å². The van der Waals surface area contributed by atoms with Crippen molar-refractivity contribution in [3.63, 3.8) is 0 Å². The summed E-state index contributed by atoms with van der Waals surface area (Å²) >= 11 is 0. The van der Waals surface area contributed by atoms with Crippen LogP contribution in [0.5, 0.6) is 0 Å². The van der Waals surface area contributed by atoms with E-state index in [-0.39, 0.29) is 18.0 Å². The zero-order valence-corrected chi connectivity index (χ0v) is 12.5. The summed E-state index contributed by atoms with van der Waals surface area (Å²) < 4.78 is 5.09. The molecule has 2 aromatic carbocycles. The molecule has 2 aromatic rings. The molecule has 2 rings (SSSR count). The van der Waals surface area contributed by atoms with Gasteiger partial charge in [-0.2, -0.15) is 0 Å². The van der Waals surface area contributed by atoms with Gasteiger partial charge in [0.15, 0.2) is 0 Å². The maximum absolute atomic E-state index is 12.2. The molecule has 0 saturated heterocycles. The first kappa shape index (κ1) is 16.9. The average Bonchev–Trinajstić information content (AvgIpc) is 2.58. The van der Waals surface area contributed by atoms with E-state index >= 15 is 0 Å². The number of nitro benzene ring substituents is 1. The third kappa shape index (κ3) is 4.54. The molecule has 0 spiro atoms. The number of carboxylic acids is 1. The lowest BCUT2D eigenvalue weighted by molar-refractivity contribution is -0.384. The Kier molecular flexibility index (Phi) is 5.45. The number of carboxylic acid groups (broad SMARTS) is 1. The predicted octanol–water partition coefficient (Wildman–Crippen LogP) is 1.49. The number of rotatable bonds is 6. The van der Waals surface area contributed by atoms with Crippen LogP contribution in [0.15, 0.2) is 54.6 Å². The number of non-ortho nitro benzene ring substituents is 1. The molecule has 0 saturated carbocycles. The zero-order valence-electron chi connectivity index (χ0n) is 12.5. The average molecular weight is 329 g/mol. The summed E-state index contributed by atoms with van der Waals surface area (Å²) in [6.07, 6.45) is -0.892. The first-order valence-electron chi connectivity index (χ1n) is 6.90. The molecule has 0 aromatic heterocycles. The van der Waals surface area contributed by atoms with Crippen molar-refractivity contribution < 1.29 is 24.4 Å². The molecule has 24 heavy (non-hydrogen) atoms. The topological polar surface area (TPSA) is 113 Å². The fourth-order valence-electron chi connectivity index (χ4n) is 1.94. The Balaban J connectivity index is 2.13. The predicted molar refractivity (Wildman–Crippen MR) is 82.1 cm³/mol. The van der Waals surface area contributed by atoms with Crippen molar-refractivity contribution >= 4 is 23.4 Å². The van der Waals surface area contributed by atoms with E-state index in [0.717, 1.165) is 10.5 Å². The van der Waals surface area contributed by atoms with E-state index in [1.54, 1.807) is 24.3 Å². The van der Waals surface area contributed by atoms with Gasteiger partial charge < -0.3 is 14.6 Å². The van der Waals surface area contributed by atoms with Gasteiger partial charge in [-0.05, 0) is 17.7 Å². The first-order chi connectivity index (χ1) is 11.5. The molecular formula is C16H13N2O6-. The van der Waals surface area contributed by atoms with E-state index in [4.69, 9.17) is 4.74 Å². The Morgan fingerprint density at radius 3 is 2.21 bits per heavy atom. The molecule has 0 fully saturated rings. The number of nitro groups is 1. The van der Waals surface area contributed by atoms with Crippen LogP contribution in [-0.4, -0.2) is 23.5 Å². The molecule has 1 amide bonds. The van der Waals surface area contributed by atoms with Crippen LogP contribution in [0.1, 0.15) is 5.56 Å². The maximum atomic E-state index is 12.2. The summed E-state index contributed by atoms with van der Waals surface area (Å²) in [5, 5.41) is 21.5. The standard InChI is InChI=1S/C16H14N2O6/c19-15(20)10-17(13-6-8-14(9-7-13)18(22)23)16(21)24-11-12-4-2-1-3-5-12/h1-9H,10-11H2,(H,19,20)/p-1. The van der Waals surface area contributed by atoms with Gasteiger partial charge in [0.25, 0.3) is 5.69 Å². The third-order valence-corrected chi connectivity index (χ3v) is 3.08. The van der Waals surface area contributed by atoms with Crippen LogP contribution in [0, 0.1) is 10.1 Å². The number of benzene rings is 2. The number of anilines is 1. The lowest BCUT2D eigenvalue weighted by Gasteiger charge is -2.22. The lowest BCUT2D eigenvalue weighted by Crippen LogP contribution is -2.42.